The van der Waals surface area contributed by atoms with E-state index in [2.05, 4.69) is 5.73 Å². The van der Waals surface area contributed by atoms with Gasteiger partial charge in [0.05, 0.1) is 5.97 Å². The van der Waals surface area contributed by atoms with Gasteiger partial charge in [0, 0.05) is 5.92 Å². The molecular formula is C7H11NO2. The molecule has 0 radical (unpaired) electrons. The highest BCUT2D eigenvalue weighted by Gasteiger charge is 2.23. The van der Waals surface area contributed by atoms with E-state index in [-0.39, 0.29) is 6.04 Å². The molecule has 56 valence electrons. The number of carbonyl (C=O) groups excluding carboxylic acids is 1. The summed E-state index contributed by atoms with van der Waals surface area (Å²) >= 11 is 0. The molecule has 0 amide bonds. The van der Waals surface area contributed by atoms with E-state index in [0.717, 1.165) is 0 Å². The zero-order valence-electron chi connectivity index (χ0n) is 5.96. The number of carbonyl (C=O) groups is 1. The smallest absolute Gasteiger partial charge is 0.106 e. The predicted molar refractivity (Wildman–Crippen MR) is 33.5 cm³/mol. The molecule has 2 unspecified atom stereocenters. The Bertz CT molecular complexity index is 186. The number of carboxylic acids is 1. The van der Waals surface area contributed by atoms with Crippen LogP contribution in [0.25, 0.3) is 0 Å². The Morgan fingerprint density at radius 2 is 2.50 bits per heavy atom. The largest absolute Gasteiger partial charge is 0.545 e. The lowest BCUT2D eigenvalue weighted by molar-refractivity contribution is -0.412. The van der Waals surface area contributed by atoms with Crippen molar-refractivity contribution in [3.8, 4) is 0 Å². The Kier molecular flexibility index (Phi) is 1.76. The van der Waals surface area contributed by atoms with Crippen molar-refractivity contribution in [2.24, 2.45) is 5.92 Å². The summed E-state index contributed by atoms with van der Waals surface area (Å²) in [5, 5.41) is 10.3. The van der Waals surface area contributed by atoms with Crippen molar-refractivity contribution in [2.75, 3.05) is 0 Å². The van der Waals surface area contributed by atoms with Gasteiger partial charge in [0.2, 0.25) is 0 Å². The molecule has 0 saturated carbocycles. The van der Waals surface area contributed by atoms with Crippen molar-refractivity contribution in [2.45, 2.75) is 19.4 Å². The van der Waals surface area contributed by atoms with E-state index in [1.165, 1.54) is 0 Å². The summed E-state index contributed by atoms with van der Waals surface area (Å²) < 4.78 is 0. The van der Waals surface area contributed by atoms with Crippen molar-refractivity contribution < 1.29 is 15.6 Å². The van der Waals surface area contributed by atoms with E-state index in [1.54, 1.807) is 6.08 Å². The Balaban J connectivity index is 2.67. The van der Waals surface area contributed by atoms with Crippen molar-refractivity contribution >= 4 is 5.97 Å². The summed E-state index contributed by atoms with van der Waals surface area (Å²) in [6, 6.07) is 0.146. The summed E-state index contributed by atoms with van der Waals surface area (Å²) in [6.45, 7) is 1.99. The third-order valence-electron chi connectivity index (χ3n) is 1.95. The molecule has 0 saturated heterocycles. The lowest BCUT2D eigenvalue weighted by atomic mass is 10.1. The van der Waals surface area contributed by atoms with Gasteiger partial charge in [-0.15, -0.1) is 0 Å². The predicted octanol–water partition coefficient (Wildman–Crippen LogP) is -1.69. The van der Waals surface area contributed by atoms with Crippen molar-refractivity contribution in [3.63, 3.8) is 0 Å². The maximum absolute atomic E-state index is 10.3. The van der Waals surface area contributed by atoms with E-state index in [4.69, 9.17) is 0 Å². The molecule has 0 aromatic carbocycles. The van der Waals surface area contributed by atoms with Gasteiger partial charge in [-0.2, -0.15) is 0 Å². The number of quaternary nitrogens is 1. The third kappa shape index (κ3) is 1.19. The Labute approximate surface area is 59.5 Å². The first-order valence-corrected chi connectivity index (χ1v) is 3.36. The molecule has 0 heterocycles. The molecule has 2 atom stereocenters. The van der Waals surface area contributed by atoms with Crippen LogP contribution in [0.3, 0.4) is 0 Å². The van der Waals surface area contributed by atoms with Crippen LogP contribution < -0.4 is 10.8 Å². The Hall–Kier alpha value is -0.830. The van der Waals surface area contributed by atoms with Gasteiger partial charge < -0.3 is 15.6 Å². The van der Waals surface area contributed by atoms with E-state index in [0.29, 0.717) is 17.9 Å². The summed E-state index contributed by atoms with van der Waals surface area (Å²) in [6.07, 6.45) is 2.29. The van der Waals surface area contributed by atoms with Crippen molar-refractivity contribution in [3.05, 3.63) is 11.6 Å². The van der Waals surface area contributed by atoms with E-state index in [9.17, 15) is 9.90 Å². The molecule has 0 bridgehead atoms. The fourth-order valence-corrected chi connectivity index (χ4v) is 1.14. The van der Waals surface area contributed by atoms with Gasteiger partial charge in [-0.25, -0.2) is 0 Å². The average Bonchev–Trinajstić information content (AvgIpc) is 2.13. The summed E-state index contributed by atoms with van der Waals surface area (Å²) in [7, 11) is 0. The highest BCUT2D eigenvalue weighted by atomic mass is 16.4. The lowest BCUT2D eigenvalue weighted by Crippen LogP contribution is -2.61. The van der Waals surface area contributed by atoms with Gasteiger partial charge >= 0.3 is 0 Å². The maximum atomic E-state index is 10.3. The molecular weight excluding hydrogens is 130 g/mol. The SMILES string of the molecule is CC1CC(C(=O)[O-])=CC1[NH3+]. The third-order valence-corrected chi connectivity index (χ3v) is 1.95. The van der Waals surface area contributed by atoms with Gasteiger partial charge in [-0.3, -0.25) is 0 Å². The second-order valence-corrected chi connectivity index (χ2v) is 2.82. The van der Waals surface area contributed by atoms with Crippen molar-refractivity contribution in [1.82, 2.24) is 0 Å². The first kappa shape index (κ1) is 7.28. The first-order chi connectivity index (χ1) is 4.61. The van der Waals surface area contributed by atoms with Crippen LogP contribution in [0.2, 0.25) is 0 Å². The normalized spacial score (nSPS) is 32.0. The minimum absolute atomic E-state index is 0.146. The highest BCUT2D eigenvalue weighted by molar-refractivity contribution is 5.85. The monoisotopic (exact) mass is 141 g/mol. The van der Waals surface area contributed by atoms with Crippen LogP contribution >= 0.6 is 0 Å². The van der Waals surface area contributed by atoms with E-state index >= 15 is 0 Å². The van der Waals surface area contributed by atoms with Gasteiger partial charge in [-0.1, -0.05) is 6.92 Å². The molecule has 0 aromatic rings. The van der Waals surface area contributed by atoms with E-state index < -0.39 is 5.97 Å². The zero-order chi connectivity index (χ0) is 7.72. The lowest BCUT2D eigenvalue weighted by Gasteiger charge is -2.04. The van der Waals surface area contributed by atoms with Crippen LogP contribution in [0.1, 0.15) is 13.3 Å². The fraction of sp³-hybridized carbons (Fsp3) is 0.571. The van der Waals surface area contributed by atoms with Crippen LogP contribution in [-0.4, -0.2) is 12.0 Å². The molecule has 3 nitrogen and oxygen atoms in total. The second-order valence-electron chi connectivity index (χ2n) is 2.82. The molecule has 0 fully saturated rings. The van der Waals surface area contributed by atoms with Crippen LogP contribution in [0.5, 0.6) is 0 Å². The standard InChI is InChI=1S/C7H11NO2/c1-4-2-5(7(9)10)3-6(4)8/h3-4,6H,2,8H2,1H3,(H,9,10). The van der Waals surface area contributed by atoms with Crippen LogP contribution in [0.15, 0.2) is 11.6 Å². The Morgan fingerprint density at radius 1 is 1.90 bits per heavy atom. The van der Waals surface area contributed by atoms with Gasteiger partial charge in [0.1, 0.15) is 6.04 Å². The average molecular weight is 141 g/mol. The first-order valence-electron chi connectivity index (χ1n) is 3.36. The number of hydrogen-bond acceptors (Lipinski definition) is 2. The molecule has 1 aliphatic rings. The van der Waals surface area contributed by atoms with Gasteiger partial charge in [-0.05, 0) is 18.1 Å². The molecule has 1 rings (SSSR count). The molecule has 10 heavy (non-hydrogen) atoms. The number of hydrogen-bond donors (Lipinski definition) is 1. The summed E-state index contributed by atoms with van der Waals surface area (Å²) in [4.78, 5) is 10.3. The molecule has 1 aliphatic carbocycles. The molecule has 3 heteroatoms. The van der Waals surface area contributed by atoms with Gasteiger partial charge in [0.15, 0.2) is 0 Å². The Morgan fingerprint density at radius 3 is 2.70 bits per heavy atom. The zero-order valence-corrected chi connectivity index (χ0v) is 5.96. The second kappa shape index (κ2) is 2.42. The topological polar surface area (TPSA) is 67.8 Å². The maximum Gasteiger partial charge on any atom is 0.106 e. The summed E-state index contributed by atoms with van der Waals surface area (Å²) in [5.41, 5.74) is 4.19. The number of rotatable bonds is 1. The molecule has 0 spiro atoms. The van der Waals surface area contributed by atoms with Crippen molar-refractivity contribution in [1.29, 1.82) is 0 Å². The number of aliphatic carboxylic acids is 1. The fourth-order valence-electron chi connectivity index (χ4n) is 1.14. The van der Waals surface area contributed by atoms with Gasteiger partial charge in [0.25, 0.3) is 0 Å². The van der Waals surface area contributed by atoms with Crippen LogP contribution in [0.4, 0.5) is 0 Å². The molecule has 0 aromatic heterocycles. The van der Waals surface area contributed by atoms with Crippen LogP contribution in [0, 0.1) is 5.92 Å². The highest BCUT2D eigenvalue weighted by Crippen LogP contribution is 2.21. The number of carboxylic acid groups (broad SMARTS) is 1. The molecule has 3 N–H and O–H groups in total. The van der Waals surface area contributed by atoms with E-state index in [1.807, 2.05) is 6.92 Å². The minimum Gasteiger partial charge on any atom is -0.545 e. The minimum atomic E-state index is -1.04. The summed E-state index contributed by atoms with van der Waals surface area (Å²) in [5.74, 6) is -0.689. The quantitative estimate of drug-likeness (QED) is 0.473. The molecule has 0 aliphatic heterocycles. The van der Waals surface area contributed by atoms with Crippen LogP contribution in [-0.2, 0) is 4.79 Å².